The second-order valence-corrected chi connectivity index (χ2v) is 14.9. The van der Waals surface area contributed by atoms with Crippen LogP contribution in [0.5, 0.6) is 0 Å². The summed E-state index contributed by atoms with van der Waals surface area (Å²) in [5.41, 5.74) is 4.53. The van der Waals surface area contributed by atoms with Crippen molar-refractivity contribution in [2.45, 2.75) is 83.3 Å². The van der Waals surface area contributed by atoms with Crippen LogP contribution in [-0.2, 0) is 29.0 Å². The van der Waals surface area contributed by atoms with E-state index in [-0.39, 0.29) is 24.8 Å². The van der Waals surface area contributed by atoms with Crippen LogP contribution in [0.2, 0.25) is 0 Å². The minimum atomic E-state index is -0.852. The molecule has 2 heterocycles. The number of piperazine rings is 1. The molecule has 3 aromatic carbocycles. The van der Waals surface area contributed by atoms with Gasteiger partial charge in [-0.05, 0) is 68.9 Å². The summed E-state index contributed by atoms with van der Waals surface area (Å²) in [6, 6.07) is 24.7. The molecule has 0 spiro atoms. The highest BCUT2D eigenvalue weighted by Crippen LogP contribution is 2.32. The average molecular weight is 667 g/mol. The van der Waals surface area contributed by atoms with Gasteiger partial charge in [-0.25, -0.2) is 0 Å². The Labute approximate surface area is 289 Å². The van der Waals surface area contributed by atoms with Crippen LogP contribution in [0.15, 0.2) is 83.3 Å². The molecule has 9 heteroatoms. The molecule has 2 amide bonds. The maximum atomic E-state index is 13.9. The number of hydrogen-bond donors (Lipinski definition) is 4. The highest BCUT2D eigenvalue weighted by molar-refractivity contribution is 5.83. The van der Waals surface area contributed by atoms with Crippen molar-refractivity contribution in [3.05, 3.63) is 107 Å². The Bertz CT molecular complexity index is 1750. The summed E-state index contributed by atoms with van der Waals surface area (Å²) < 4.78 is 6.21. The molecule has 6 rings (SSSR count). The van der Waals surface area contributed by atoms with Gasteiger partial charge in [0.2, 0.25) is 11.8 Å². The lowest BCUT2D eigenvalue weighted by atomic mass is 9.91. The Kier molecular flexibility index (Phi) is 10.6. The summed E-state index contributed by atoms with van der Waals surface area (Å²) in [5, 5.41) is 29.8. The van der Waals surface area contributed by atoms with Crippen LogP contribution in [-0.4, -0.2) is 81.8 Å². The molecular formula is C40H50N4O5. The number of nitrogens with zero attached hydrogens (tertiary/aromatic N) is 2. The fourth-order valence-corrected chi connectivity index (χ4v) is 7.39. The van der Waals surface area contributed by atoms with E-state index in [1.165, 1.54) is 0 Å². The van der Waals surface area contributed by atoms with Gasteiger partial charge in [0.1, 0.15) is 17.4 Å². The number of β-amino-alcohol motifs (C(OH)–C–C–N with tert-alkyl or cyclic N) is 1. The van der Waals surface area contributed by atoms with E-state index in [1.807, 2.05) is 93.6 Å². The molecule has 5 atom stereocenters. The van der Waals surface area contributed by atoms with Crippen LogP contribution in [0.1, 0.15) is 61.2 Å². The third kappa shape index (κ3) is 8.41. The van der Waals surface area contributed by atoms with Crippen molar-refractivity contribution in [3.8, 4) is 0 Å². The second kappa shape index (κ2) is 14.8. The number of fused-ring (bicyclic) bond motifs is 2. The molecule has 4 aromatic rings. The quantitative estimate of drug-likeness (QED) is 0.186. The van der Waals surface area contributed by atoms with E-state index in [2.05, 4.69) is 33.4 Å². The number of aliphatic hydroxyl groups is 2. The zero-order valence-electron chi connectivity index (χ0n) is 29.1. The first kappa shape index (κ1) is 34.8. The minimum absolute atomic E-state index is 0.0850. The first-order valence-corrected chi connectivity index (χ1v) is 17.5. The predicted molar refractivity (Wildman–Crippen MR) is 191 cm³/mol. The van der Waals surface area contributed by atoms with Crippen LogP contribution >= 0.6 is 0 Å². The number of aliphatic hydroxyl groups excluding tert-OH is 2. The van der Waals surface area contributed by atoms with E-state index in [1.54, 1.807) is 0 Å². The van der Waals surface area contributed by atoms with Crippen molar-refractivity contribution < 1.29 is 24.2 Å². The number of carbonyl (C=O) groups excluding carboxylic acids is 2. The summed E-state index contributed by atoms with van der Waals surface area (Å²) in [6.07, 6.45) is -0.392. The Balaban J connectivity index is 1.16. The normalized spacial score (nSPS) is 21.3. The molecule has 1 saturated heterocycles. The van der Waals surface area contributed by atoms with Crippen LogP contribution in [0.3, 0.4) is 0 Å². The lowest BCUT2D eigenvalue weighted by Crippen LogP contribution is -2.61. The van der Waals surface area contributed by atoms with E-state index < -0.39 is 35.7 Å². The number of para-hydroxylation sites is 1. The van der Waals surface area contributed by atoms with Gasteiger partial charge in [-0.15, -0.1) is 0 Å². The molecule has 4 N–H and O–H groups in total. The van der Waals surface area contributed by atoms with E-state index in [4.69, 9.17) is 4.42 Å². The molecular weight excluding hydrogens is 616 g/mol. The van der Waals surface area contributed by atoms with Gasteiger partial charge in [-0.1, -0.05) is 72.8 Å². The van der Waals surface area contributed by atoms with Gasteiger partial charge in [0.15, 0.2) is 0 Å². The van der Waals surface area contributed by atoms with Crippen LogP contribution in [0.25, 0.3) is 11.0 Å². The molecule has 1 aromatic heterocycles. The van der Waals surface area contributed by atoms with E-state index >= 15 is 0 Å². The van der Waals surface area contributed by atoms with Crippen LogP contribution < -0.4 is 10.6 Å². The van der Waals surface area contributed by atoms with Crippen molar-refractivity contribution >= 4 is 22.8 Å². The van der Waals surface area contributed by atoms with Crippen molar-refractivity contribution in [2.75, 3.05) is 26.2 Å². The third-order valence-corrected chi connectivity index (χ3v) is 9.89. The largest absolute Gasteiger partial charge is 0.459 e. The van der Waals surface area contributed by atoms with E-state index in [0.29, 0.717) is 39.0 Å². The molecule has 1 aliphatic heterocycles. The first-order valence-electron chi connectivity index (χ1n) is 17.5. The van der Waals surface area contributed by atoms with Crippen molar-refractivity contribution in [2.24, 2.45) is 5.92 Å². The van der Waals surface area contributed by atoms with Gasteiger partial charge in [-0.2, -0.15) is 0 Å². The van der Waals surface area contributed by atoms with E-state index in [0.717, 1.165) is 39.0 Å². The molecule has 0 bridgehead atoms. The lowest BCUT2D eigenvalue weighted by molar-refractivity contribution is -0.132. The summed E-state index contributed by atoms with van der Waals surface area (Å²) in [5.74, 6) is 0.0842. The minimum Gasteiger partial charge on any atom is -0.459 e. The SMILES string of the molecule is Cc1c(CN2CCN(C[C@@H](O)C[C@H](Cc3ccccc3)C(=O)N[C@H]3c4ccccc4C[C@H]3O)[C@H](C(=O)NC(C)(C)C)C2)oc2ccccc12. The molecule has 0 radical (unpaired) electrons. The molecule has 0 unspecified atom stereocenters. The maximum absolute atomic E-state index is 13.9. The number of benzene rings is 3. The number of aryl methyl sites for hydroxylation is 1. The highest BCUT2D eigenvalue weighted by atomic mass is 16.3. The zero-order chi connectivity index (χ0) is 34.7. The number of furan rings is 1. The second-order valence-electron chi connectivity index (χ2n) is 14.9. The van der Waals surface area contributed by atoms with Crippen LogP contribution in [0.4, 0.5) is 0 Å². The zero-order valence-corrected chi connectivity index (χ0v) is 29.1. The number of amides is 2. The van der Waals surface area contributed by atoms with Crippen LogP contribution in [0, 0.1) is 12.8 Å². The maximum Gasteiger partial charge on any atom is 0.239 e. The Hall–Kier alpha value is -4.02. The lowest BCUT2D eigenvalue weighted by Gasteiger charge is -2.42. The molecule has 0 saturated carbocycles. The summed E-state index contributed by atoms with van der Waals surface area (Å²) in [6.45, 7) is 10.6. The topological polar surface area (TPSA) is 118 Å². The summed E-state index contributed by atoms with van der Waals surface area (Å²) in [4.78, 5) is 31.9. The number of nitrogens with one attached hydrogen (secondary N) is 2. The predicted octanol–water partition coefficient (Wildman–Crippen LogP) is 4.53. The summed E-state index contributed by atoms with van der Waals surface area (Å²) in [7, 11) is 0. The van der Waals surface area contributed by atoms with Gasteiger partial charge < -0.3 is 25.3 Å². The summed E-state index contributed by atoms with van der Waals surface area (Å²) >= 11 is 0. The molecule has 260 valence electrons. The number of carbonyl (C=O) groups is 2. The first-order chi connectivity index (χ1) is 23.4. The molecule has 9 nitrogen and oxygen atoms in total. The molecule has 2 aliphatic rings. The van der Waals surface area contributed by atoms with Crippen molar-refractivity contribution in [3.63, 3.8) is 0 Å². The monoisotopic (exact) mass is 666 g/mol. The smallest absolute Gasteiger partial charge is 0.239 e. The highest BCUT2D eigenvalue weighted by Gasteiger charge is 2.37. The van der Waals surface area contributed by atoms with Gasteiger partial charge in [0.25, 0.3) is 0 Å². The Morgan fingerprint density at radius 1 is 0.980 bits per heavy atom. The van der Waals surface area contributed by atoms with Gasteiger partial charge in [0, 0.05) is 49.4 Å². The molecule has 1 fully saturated rings. The van der Waals surface area contributed by atoms with Crippen molar-refractivity contribution in [1.29, 1.82) is 0 Å². The van der Waals surface area contributed by atoms with E-state index in [9.17, 15) is 19.8 Å². The standard InChI is InChI=1S/C40H50N4O5/c1-26-31-15-10-11-17-35(31)49-36(26)25-43-18-19-44(33(24-43)39(48)42-40(2,3)4)23-30(45)21-29(20-27-12-6-5-7-13-27)38(47)41-37-32-16-9-8-14-28(32)22-34(37)46/h5-17,29-30,33-34,37,45-46H,18-25H2,1-4H3,(H,41,47)(H,42,48)/t29-,30-,33-,34+,37-/m0/s1. The average Bonchev–Trinajstić information content (AvgIpc) is 3.55. The number of rotatable bonds is 11. The molecule has 49 heavy (non-hydrogen) atoms. The Morgan fingerprint density at radius 2 is 1.69 bits per heavy atom. The van der Waals surface area contributed by atoms with Crippen molar-refractivity contribution in [1.82, 2.24) is 20.4 Å². The van der Waals surface area contributed by atoms with Gasteiger partial charge in [0.05, 0.1) is 24.8 Å². The molecule has 1 aliphatic carbocycles. The Morgan fingerprint density at radius 3 is 2.45 bits per heavy atom. The number of hydrogen-bond acceptors (Lipinski definition) is 7. The van der Waals surface area contributed by atoms with Gasteiger partial charge >= 0.3 is 0 Å². The fourth-order valence-electron chi connectivity index (χ4n) is 7.39. The third-order valence-electron chi connectivity index (χ3n) is 9.89. The fraction of sp³-hybridized carbons (Fsp3) is 0.450. The van der Waals surface area contributed by atoms with Gasteiger partial charge in [-0.3, -0.25) is 19.4 Å².